The second-order valence-electron chi connectivity index (χ2n) is 11.0. The first-order chi connectivity index (χ1) is 16.1. The third-order valence-electron chi connectivity index (χ3n) is 9.39. The van der Waals surface area contributed by atoms with E-state index in [-0.39, 0.29) is 0 Å². The monoisotopic (exact) mass is 455 g/mol. The summed E-state index contributed by atoms with van der Waals surface area (Å²) in [6.07, 6.45) is 12.2. The van der Waals surface area contributed by atoms with Crippen molar-refractivity contribution in [3.8, 4) is 0 Å². The van der Waals surface area contributed by atoms with Crippen molar-refractivity contribution in [3.05, 3.63) is 23.8 Å². The van der Waals surface area contributed by atoms with Crippen LogP contribution in [0.2, 0.25) is 0 Å². The average molecular weight is 456 g/mol. The second-order valence-corrected chi connectivity index (χ2v) is 11.0. The van der Waals surface area contributed by atoms with Crippen molar-refractivity contribution >= 4 is 11.4 Å². The third-order valence-corrected chi connectivity index (χ3v) is 9.39. The number of nitrogens with zero attached hydrogens (tertiary/aromatic N) is 3. The number of ether oxygens (including phenoxy) is 1. The molecule has 0 aromatic heterocycles. The van der Waals surface area contributed by atoms with Gasteiger partial charge in [0.05, 0.1) is 6.10 Å². The molecule has 0 amide bonds. The quantitative estimate of drug-likeness (QED) is 0.458. The highest BCUT2D eigenvalue weighted by Crippen LogP contribution is 2.49. The number of anilines is 2. The van der Waals surface area contributed by atoms with Gasteiger partial charge in [-0.3, -0.25) is 4.90 Å². The van der Waals surface area contributed by atoms with Gasteiger partial charge in [-0.2, -0.15) is 0 Å². The van der Waals surface area contributed by atoms with Crippen LogP contribution >= 0.6 is 0 Å². The first-order valence-corrected chi connectivity index (χ1v) is 14.0. The Morgan fingerprint density at radius 1 is 0.848 bits per heavy atom. The van der Waals surface area contributed by atoms with E-state index in [0.717, 1.165) is 31.8 Å². The molecule has 1 aromatic carbocycles. The normalized spacial score (nSPS) is 23.3. The minimum Gasteiger partial charge on any atom is -0.381 e. The minimum atomic E-state index is 0.439. The Hall–Kier alpha value is -1.26. The van der Waals surface area contributed by atoms with Gasteiger partial charge in [-0.1, -0.05) is 33.6 Å². The molecule has 2 saturated heterocycles. The zero-order chi connectivity index (χ0) is 23.3. The van der Waals surface area contributed by atoms with Gasteiger partial charge in [-0.05, 0) is 86.6 Å². The summed E-state index contributed by atoms with van der Waals surface area (Å²) in [5.41, 5.74) is 5.22. The fourth-order valence-corrected chi connectivity index (χ4v) is 6.73. The number of piperazine rings is 1. The molecule has 1 aromatic rings. The van der Waals surface area contributed by atoms with Crippen LogP contribution in [-0.2, 0) is 4.74 Å². The van der Waals surface area contributed by atoms with Crippen LogP contribution in [0.3, 0.4) is 0 Å². The fraction of sp³-hybridized carbons (Fsp3) is 0.793. The van der Waals surface area contributed by atoms with E-state index in [9.17, 15) is 0 Å². The number of benzene rings is 1. The van der Waals surface area contributed by atoms with Gasteiger partial charge in [0.25, 0.3) is 0 Å². The first kappa shape index (κ1) is 24.9. The Bertz CT molecular complexity index is 720. The van der Waals surface area contributed by atoms with Gasteiger partial charge in [0.1, 0.15) is 0 Å². The van der Waals surface area contributed by atoms with E-state index in [2.05, 4.69) is 53.7 Å². The largest absolute Gasteiger partial charge is 0.381 e. The van der Waals surface area contributed by atoms with Crippen LogP contribution in [-0.4, -0.2) is 63.9 Å². The van der Waals surface area contributed by atoms with E-state index >= 15 is 0 Å². The molecule has 0 radical (unpaired) electrons. The molecule has 2 aliphatic heterocycles. The highest BCUT2D eigenvalue weighted by atomic mass is 16.5. The topological polar surface area (TPSA) is 19.0 Å². The SMILES string of the molecule is CCCN1CCN(c2ccc(N3CCC(OC)CC3)cc2C2CCC(CC)(CC)CC2)CC1. The fourth-order valence-electron chi connectivity index (χ4n) is 6.73. The van der Waals surface area contributed by atoms with Crippen molar-refractivity contribution in [1.29, 1.82) is 0 Å². The van der Waals surface area contributed by atoms with E-state index < -0.39 is 0 Å². The number of hydrogen-bond acceptors (Lipinski definition) is 4. The lowest BCUT2D eigenvalue weighted by molar-refractivity contribution is 0.0819. The van der Waals surface area contributed by atoms with E-state index in [1.54, 1.807) is 5.56 Å². The molecule has 4 rings (SSSR count). The number of hydrogen-bond donors (Lipinski definition) is 0. The van der Waals surface area contributed by atoms with Crippen LogP contribution in [0.5, 0.6) is 0 Å². The predicted octanol–water partition coefficient (Wildman–Crippen LogP) is 6.30. The highest BCUT2D eigenvalue weighted by molar-refractivity contribution is 5.63. The van der Waals surface area contributed by atoms with Crippen LogP contribution in [0.25, 0.3) is 0 Å². The van der Waals surface area contributed by atoms with Crippen LogP contribution in [0.4, 0.5) is 11.4 Å². The number of methoxy groups -OCH3 is 1. The van der Waals surface area contributed by atoms with Crippen molar-refractivity contribution in [3.63, 3.8) is 0 Å². The lowest BCUT2D eigenvalue weighted by Gasteiger charge is -2.42. The zero-order valence-electron chi connectivity index (χ0n) is 22.0. The Morgan fingerprint density at radius 2 is 1.52 bits per heavy atom. The zero-order valence-corrected chi connectivity index (χ0v) is 22.0. The predicted molar refractivity (Wildman–Crippen MR) is 142 cm³/mol. The second kappa shape index (κ2) is 11.4. The van der Waals surface area contributed by atoms with Crippen molar-refractivity contribution < 1.29 is 4.74 Å². The molecule has 4 heteroatoms. The third kappa shape index (κ3) is 5.70. The molecular weight excluding hydrogens is 406 g/mol. The summed E-state index contributed by atoms with van der Waals surface area (Å²) in [5.74, 6) is 0.719. The van der Waals surface area contributed by atoms with Gasteiger partial charge in [0.2, 0.25) is 0 Å². The molecule has 0 spiro atoms. The Kier molecular flexibility index (Phi) is 8.62. The van der Waals surface area contributed by atoms with E-state index in [1.807, 2.05) is 7.11 Å². The van der Waals surface area contributed by atoms with Gasteiger partial charge < -0.3 is 14.5 Å². The summed E-state index contributed by atoms with van der Waals surface area (Å²) < 4.78 is 5.62. The number of rotatable bonds is 8. The number of piperidine rings is 1. The molecule has 0 unspecified atom stereocenters. The molecule has 4 nitrogen and oxygen atoms in total. The summed E-state index contributed by atoms with van der Waals surface area (Å²) in [6.45, 7) is 15.4. The smallest absolute Gasteiger partial charge is 0.0605 e. The maximum Gasteiger partial charge on any atom is 0.0605 e. The Labute approximate surface area is 203 Å². The average Bonchev–Trinajstić information content (AvgIpc) is 2.89. The van der Waals surface area contributed by atoms with Crippen molar-refractivity contribution in [2.45, 2.75) is 90.6 Å². The molecule has 3 fully saturated rings. The van der Waals surface area contributed by atoms with Gasteiger partial charge in [0.15, 0.2) is 0 Å². The maximum absolute atomic E-state index is 5.62. The molecule has 1 saturated carbocycles. The van der Waals surface area contributed by atoms with Crippen molar-refractivity contribution in [2.75, 3.05) is 62.7 Å². The molecule has 33 heavy (non-hydrogen) atoms. The lowest BCUT2D eigenvalue weighted by atomic mass is 9.66. The van der Waals surface area contributed by atoms with E-state index in [0.29, 0.717) is 11.5 Å². The van der Waals surface area contributed by atoms with Gasteiger partial charge in [-0.15, -0.1) is 0 Å². The Balaban J connectivity index is 1.54. The van der Waals surface area contributed by atoms with Crippen LogP contribution in [0.1, 0.15) is 90.0 Å². The van der Waals surface area contributed by atoms with Crippen molar-refractivity contribution in [2.24, 2.45) is 5.41 Å². The molecule has 186 valence electrons. The van der Waals surface area contributed by atoms with Gasteiger partial charge in [0, 0.05) is 57.8 Å². The van der Waals surface area contributed by atoms with Gasteiger partial charge in [-0.25, -0.2) is 0 Å². The Morgan fingerprint density at radius 3 is 2.09 bits per heavy atom. The summed E-state index contributed by atoms with van der Waals surface area (Å²) >= 11 is 0. The molecule has 0 atom stereocenters. The van der Waals surface area contributed by atoms with Crippen LogP contribution in [0.15, 0.2) is 18.2 Å². The summed E-state index contributed by atoms with van der Waals surface area (Å²) in [4.78, 5) is 7.94. The van der Waals surface area contributed by atoms with Crippen LogP contribution < -0.4 is 9.80 Å². The van der Waals surface area contributed by atoms with E-state index in [4.69, 9.17) is 4.74 Å². The van der Waals surface area contributed by atoms with Crippen LogP contribution in [0, 0.1) is 5.41 Å². The highest BCUT2D eigenvalue weighted by Gasteiger charge is 2.34. The lowest BCUT2D eigenvalue weighted by Crippen LogP contribution is -2.47. The summed E-state index contributed by atoms with van der Waals surface area (Å²) in [5, 5.41) is 0. The first-order valence-electron chi connectivity index (χ1n) is 14.0. The van der Waals surface area contributed by atoms with Gasteiger partial charge >= 0.3 is 0 Å². The molecule has 0 bridgehead atoms. The van der Waals surface area contributed by atoms with E-state index in [1.165, 1.54) is 89.0 Å². The molecule has 1 aliphatic carbocycles. The molecule has 2 heterocycles. The minimum absolute atomic E-state index is 0.439. The standard InChI is InChI=1S/C29H49N3O/c1-5-16-30-19-21-32(22-20-30)28-9-8-25(31-17-12-26(33-4)13-18-31)23-27(28)24-10-14-29(6-2,7-3)15-11-24/h8-9,23-24,26H,5-7,10-22H2,1-4H3. The summed E-state index contributed by atoms with van der Waals surface area (Å²) in [6, 6.07) is 7.48. The van der Waals surface area contributed by atoms with Crippen molar-refractivity contribution in [1.82, 2.24) is 4.90 Å². The maximum atomic E-state index is 5.62. The molecule has 3 aliphatic rings. The molecule has 0 N–H and O–H groups in total. The summed E-state index contributed by atoms with van der Waals surface area (Å²) in [7, 11) is 1.86. The molecular formula is C29H49N3O.